The van der Waals surface area contributed by atoms with E-state index in [1.165, 1.54) is 32.9 Å². The highest BCUT2D eigenvalue weighted by Crippen LogP contribution is 2.41. The zero-order chi connectivity index (χ0) is 41.0. The van der Waals surface area contributed by atoms with E-state index in [-0.39, 0.29) is 0 Å². The molecule has 0 amide bonds. The molecule has 0 saturated carbocycles. The van der Waals surface area contributed by atoms with Gasteiger partial charge in [0.15, 0.2) is 6.17 Å². The molecule has 2 aromatic heterocycles. The van der Waals surface area contributed by atoms with Gasteiger partial charge in [-0.1, -0.05) is 194 Å². The van der Waals surface area contributed by atoms with Gasteiger partial charge in [0.2, 0.25) is 0 Å². The monoisotopic (exact) mass is 794 g/mol. The first-order valence-electron chi connectivity index (χ1n) is 21.0. The Bertz CT molecular complexity index is 3370. The Labute approximate surface area is 358 Å². The molecule has 5 nitrogen and oxygen atoms in total. The molecule has 0 bridgehead atoms. The molecule has 62 heavy (non-hydrogen) atoms. The number of para-hydroxylation sites is 4. The fourth-order valence-electron chi connectivity index (χ4n) is 9.06. The molecule has 5 heteroatoms. The highest BCUT2D eigenvalue weighted by atomic mass is 16.3. The number of nitrogens with zero attached hydrogens (tertiary/aromatic N) is 3. The van der Waals surface area contributed by atoms with Crippen LogP contribution in [0.1, 0.15) is 22.9 Å². The standard InChI is InChI=1S/C57H38N4O/c1-3-14-37(15-4-1)39-26-30-41(31-27-39)55-58-56(42-32-28-40(29-33-42)38-16-5-2-6-17-38)60-57(59-55)43-34-35-47-49-22-13-21-48(54(49)62-53(47)36-43)46-20-9-12-25-52(46)61-50-23-10-7-18-44(50)45-19-8-11-24-51(45)61/h1-36,57H,(H,58,59,60). The van der Waals surface area contributed by atoms with E-state index in [0.717, 1.165) is 78.2 Å². The summed E-state index contributed by atoms with van der Waals surface area (Å²) in [7, 11) is 0. The molecular formula is C57H38N4O. The molecular weight excluding hydrogens is 757 g/mol. The minimum absolute atomic E-state index is 0.503. The first-order chi connectivity index (χ1) is 30.7. The second kappa shape index (κ2) is 14.8. The second-order valence-corrected chi connectivity index (χ2v) is 15.8. The van der Waals surface area contributed by atoms with Crippen molar-refractivity contribution in [1.29, 1.82) is 0 Å². The van der Waals surface area contributed by atoms with Gasteiger partial charge in [0, 0.05) is 49.4 Å². The van der Waals surface area contributed by atoms with Gasteiger partial charge in [-0.15, -0.1) is 0 Å². The van der Waals surface area contributed by atoms with E-state index in [4.69, 9.17) is 14.4 Å². The quantitative estimate of drug-likeness (QED) is 0.175. The zero-order valence-electron chi connectivity index (χ0n) is 33.6. The van der Waals surface area contributed by atoms with Crippen molar-refractivity contribution in [2.45, 2.75) is 6.17 Å². The van der Waals surface area contributed by atoms with Crippen LogP contribution in [-0.2, 0) is 0 Å². The highest BCUT2D eigenvalue weighted by molar-refractivity contribution is 6.16. The summed E-state index contributed by atoms with van der Waals surface area (Å²) < 4.78 is 9.31. The summed E-state index contributed by atoms with van der Waals surface area (Å²) in [4.78, 5) is 10.5. The molecule has 0 saturated heterocycles. The molecule has 11 aromatic rings. The summed E-state index contributed by atoms with van der Waals surface area (Å²) in [6, 6.07) is 76.8. The van der Waals surface area contributed by atoms with E-state index < -0.39 is 6.17 Å². The summed E-state index contributed by atoms with van der Waals surface area (Å²) in [6.45, 7) is 0. The van der Waals surface area contributed by atoms with Crippen molar-refractivity contribution >= 4 is 55.4 Å². The maximum atomic E-state index is 6.93. The number of fused-ring (bicyclic) bond motifs is 6. The second-order valence-electron chi connectivity index (χ2n) is 15.8. The van der Waals surface area contributed by atoms with Crippen LogP contribution < -0.4 is 5.32 Å². The van der Waals surface area contributed by atoms with Crippen LogP contribution in [-0.4, -0.2) is 16.2 Å². The van der Waals surface area contributed by atoms with E-state index in [2.05, 4.69) is 216 Å². The van der Waals surface area contributed by atoms with Crippen LogP contribution in [0.15, 0.2) is 233 Å². The smallest absolute Gasteiger partial charge is 0.169 e. The summed E-state index contributed by atoms with van der Waals surface area (Å²) >= 11 is 0. The number of aliphatic imine (C=N–C) groups is 2. The van der Waals surface area contributed by atoms with Gasteiger partial charge in [-0.2, -0.15) is 0 Å². The van der Waals surface area contributed by atoms with E-state index in [1.54, 1.807) is 0 Å². The summed E-state index contributed by atoms with van der Waals surface area (Å²) in [6.07, 6.45) is -0.503. The van der Waals surface area contributed by atoms with Gasteiger partial charge in [-0.3, -0.25) is 0 Å². The number of aromatic nitrogens is 1. The normalized spacial score (nSPS) is 13.1. The average Bonchev–Trinajstić information content (AvgIpc) is 3.90. The number of nitrogens with one attached hydrogen (secondary N) is 1. The van der Waals surface area contributed by atoms with Gasteiger partial charge in [-0.05, 0) is 46.5 Å². The van der Waals surface area contributed by atoms with Crippen molar-refractivity contribution in [1.82, 2.24) is 9.88 Å². The van der Waals surface area contributed by atoms with E-state index in [1.807, 2.05) is 12.1 Å². The Morgan fingerprint density at radius 2 is 0.871 bits per heavy atom. The van der Waals surface area contributed by atoms with Crippen molar-refractivity contribution in [2.75, 3.05) is 0 Å². The lowest BCUT2D eigenvalue weighted by atomic mass is 10.00. The topological polar surface area (TPSA) is 54.8 Å². The highest BCUT2D eigenvalue weighted by Gasteiger charge is 2.23. The summed E-state index contributed by atoms with van der Waals surface area (Å²) in [5, 5.41) is 8.18. The Hall–Kier alpha value is -8.28. The van der Waals surface area contributed by atoms with E-state index in [9.17, 15) is 0 Å². The maximum Gasteiger partial charge on any atom is 0.169 e. The molecule has 1 aliphatic rings. The van der Waals surface area contributed by atoms with Gasteiger partial charge < -0.3 is 14.3 Å². The molecule has 292 valence electrons. The summed E-state index contributed by atoms with van der Waals surface area (Å²) in [5.74, 6) is 1.53. The van der Waals surface area contributed by atoms with Crippen LogP contribution >= 0.6 is 0 Å². The first kappa shape index (κ1) is 35.6. The zero-order valence-corrected chi connectivity index (χ0v) is 33.6. The predicted octanol–water partition coefficient (Wildman–Crippen LogP) is 14.2. The van der Waals surface area contributed by atoms with Crippen LogP contribution in [0.2, 0.25) is 0 Å². The average molecular weight is 795 g/mol. The number of benzene rings is 9. The lowest BCUT2D eigenvalue weighted by molar-refractivity contribution is 0.666. The van der Waals surface area contributed by atoms with Crippen LogP contribution in [0.3, 0.4) is 0 Å². The third-order valence-electron chi connectivity index (χ3n) is 12.1. The van der Waals surface area contributed by atoms with Gasteiger partial charge in [0.25, 0.3) is 0 Å². The van der Waals surface area contributed by atoms with Crippen molar-refractivity contribution < 1.29 is 4.42 Å². The molecule has 0 fully saturated rings. The van der Waals surface area contributed by atoms with Crippen LogP contribution in [0.5, 0.6) is 0 Å². The maximum absolute atomic E-state index is 6.93. The van der Waals surface area contributed by atoms with Gasteiger partial charge in [0.1, 0.15) is 22.8 Å². The third-order valence-corrected chi connectivity index (χ3v) is 12.1. The van der Waals surface area contributed by atoms with E-state index >= 15 is 0 Å². The number of amidine groups is 2. The number of furan rings is 1. The fraction of sp³-hybridized carbons (Fsp3) is 0.0175. The molecule has 0 radical (unpaired) electrons. The Morgan fingerprint density at radius 1 is 0.387 bits per heavy atom. The van der Waals surface area contributed by atoms with Crippen LogP contribution in [0, 0.1) is 0 Å². The molecule has 0 unspecified atom stereocenters. The Balaban J connectivity index is 0.962. The molecule has 0 atom stereocenters. The first-order valence-corrected chi connectivity index (χ1v) is 21.0. The molecule has 3 heterocycles. The van der Waals surface area contributed by atoms with Crippen LogP contribution in [0.25, 0.3) is 82.8 Å². The van der Waals surface area contributed by atoms with Crippen LogP contribution in [0.4, 0.5) is 0 Å². The SMILES string of the molecule is c1ccc(-c2ccc(C3=NC(c4ccc5c(c4)oc4c(-c6ccccc6-n6c7ccccc7c7ccccc76)cccc45)N=C(c4ccc(-c5ccccc5)cc4)N3)cc2)cc1. The molecule has 1 aliphatic heterocycles. The predicted molar refractivity (Wildman–Crippen MR) is 256 cm³/mol. The lowest BCUT2D eigenvalue weighted by Crippen LogP contribution is -2.36. The number of rotatable bonds is 7. The molecule has 9 aromatic carbocycles. The number of hydrogen-bond donors (Lipinski definition) is 1. The molecule has 1 N–H and O–H groups in total. The van der Waals surface area contributed by atoms with Gasteiger partial charge >= 0.3 is 0 Å². The molecule has 12 rings (SSSR count). The fourth-order valence-corrected chi connectivity index (χ4v) is 9.06. The van der Waals surface area contributed by atoms with Crippen molar-refractivity contribution in [3.05, 3.63) is 235 Å². The minimum Gasteiger partial charge on any atom is -0.455 e. The molecule has 0 aliphatic carbocycles. The van der Waals surface area contributed by atoms with Gasteiger partial charge in [0.05, 0.1) is 16.7 Å². The van der Waals surface area contributed by atoms with Crippen molar-refractivity contribution in [3.63, 3.8) is 0 Å². The van der Waals surface area contributed by atoms with Crippen molar-refractivity contribution in [2.24, 2.45) is 9.98 Å². The summed E-state index contributed by atoms with van der Waals surface area (Å²) in [5.41, 5.74) is 14.8. The lowest BCUT2D eigenvalue weighted by Gasteiger charge is -2.22. The largest absolute Gasteiger partial charge is 0.455 e. The number of hydrogen-bond acceptors (Lipinski definition) is 4. The Kier molecular flexibility index (Phi) is 8.49. The van der Waals surface area contributed by atoms with Gasteiger partial charge in [-0.25, -0.2) is 9.98 Å². The third kappa shape index (κ3) is 6.10. The van der Waals surface area contributed by atoms with Crippen molar-refractivity contribution in [3.8, 4) is 39.1 Å². The minimum atomic E-state index is -0.503. The van der Waals surface area contributed by atoms with E-state index in [0.29, 0.717) is 0 Å². The molecule has 0 spiro atoms. The Morgan fingerprint density at radius 3 is 1.48 bits per heavy atom.